The Bertz CT molecular complexity index is 1430. The molecule has 0 fully saturated rings. The van der Waals surface area contributed by atoms with Crippen LogP contribution >= 0.6 is 0 Å². The molecule has 174 valence electrons. The first kappa shape index (κ1) is 21.7. The number of aryl methyl sites for hydroxylation is 2. The number of rotatable bonds is 4. The molecule has 4 heterocycles. The highest BCUT2D eigenvalue weighted by atomic mass is 19.4. The molecular weight excluding hydrogens is 453 g/mol. The van der Waals surface area contributed by atoms with Crippen molar-refractivity contribution in [2.24, 2.45) is 0 Å². The third-order valence-electron chi connectivity index (χ3n) is 5.61. The number of benzene rings is 1. The number of hydrogen-bond acceptors (Lipinski definition) is 7. The Labute approximate surface area is 190 Å². The van der Waals surface area contributed by atoms with Crippen LogP contribution in [0.4, 0.5) is 18.9 Å². The van der Waals surface area contributed by atoms with E-state index < -0.39 is 23.9 Å². The molecule has 1 amide bonds. The van der Waals surface area contributed by atoms with Crippen LogP contribution in [0, 0.1) is 13.8 Å². The number of halogens is 3. The minimum atomic E-state index is -4.92. The van der Waals surface area contributed by atoms with E-state index in [1.54, 1.807) is 19.9 Å². The molecule has 0 spiro atoms. The standard InChI is InChI=1S/C23H17F3N4O4/c1-10-17(11(2)34-30-10)13-8-14-20(29-22(13)32-3)19-15(9-27-14)28-21(31)18(19)12-6-4-5-7-16(12)33-23(24,25)26/h4-9,18H,1-3H3,(H,28,31). The molecule has 0 bridgehead atoms. The van der Waals surface area contributed by atoms with Crippen LogP contribution in [0.1, 0.15) is 28.5 Å². The summed E-state index contributed by atoms with van der Waals surface area (Å²) in [5.74, 6) is -1.28. The fourth-order valence-corrected chi connectivity index (χ4v) is 4.28. The molecule has 0 radical (unpaired) electrons. The third-order valence-corrected chi connectivity index (χ3v) is 5.61. The fraction of sp³-hybridized carbons (Fsp3) is 0.217. The molecule has 0 saturated carbocycles. The van der Waals surface area contributed by atoms with Crippen LogP contribution in [0.3, 0.4) is 0 Å². The smallest absolute Gasteiger partial charge is 0.481 e. The Balaban J connectivity index is 1.74. The van der Waals surface area contributed by atoms with Gasteiger partial charge in [0.1, 0.15) is 11.5 Å². The lowest BCUT2D eigenvalue weighted by molar-refractivity contribution is -0.274. The maximum absolute atomic E-state index is 13.0. The average Bonchev–Trinajstić information content (AvgIpc) is 3.30. The van der Waals surface area contributed by atoms with E-state index in [9.17, 15) is 18.0 Å². The number of nitrogens with zero attached hydrogens (tertiary/aromatic N) is 3. The van der Waals surface area contributed by atoms with Gasteiger partial charge in [0, 0.05) is 11.1 Å². The van der Waals surface area contributed by atoms with Gasteiger partial charge in [0.05, 0.1) is 52.8 Å². The molecule has 1 N–H and O–H groups in total. The van der Waals surface area contributed by atoms with Crippen molar-refractivity contribution >= 4 is 22.6 Å². The summed E-state index contributed by atoms with van der Waals surface area (Å²) in [6.07, 6.45) is -3.47. The van der Waals surface area contributed by atoms with Gasteiger partial charge in [-0.3, -0.25) is 9.78 Å². The van der Waals surface area contributed by atoms with Gasteiger partial charge in [0.25, 0.3) is 0 Å². The molecule has 8 nitrogen and oxygen atoms in total. The molecule has 1 aliphatic rings. The SMILES string of the molecule is COc1nc2c3c(cnc2cc1-c1c(C)noc1C)NC(=O)C3c1ccccc1OC(F)(F)F. The monoisotopic (exact) mass is 470 g/mol. The van der Waals surface area contributed by atoms with E-state index in [1.807, 2.05) is 0 Å². The van der Waals surface area contributed by atoms with Gasteiger partial charge < -0.3 is 19.3 Å². The van der Waals surface area contributed by atoms with Gasteiger partial charge in [-0.05, 0) is 26.0 Å². The number of nitrogens with one attached hydrogen (secondary N) is 1. The van der Waals surface area contributed by atoms with Gasteiger partial charge in [-0.25, -0.2) is 4.98 Å². The number of carbonyl (C=O) groups is 1. The summed E-state index contributed by atoms with van der Waals surface area (Å²) in [5.41, 5.74) is 3.45. The van der Waals surface area contributed by atoms with E-state index in [4.69, 9.17) is 9.26 Å². The number of pyridine rings is 2. The Morgan fingerprint density at radius 3 is 2.62 bits per heavy atom. The molecule has 3 aromatic heterocycles. The summed E-state index contributed by atoms with van der Waals surface area (Å²) in [6, 6.07) is 7.26. The van der Waals surface area contributed by atoms with Crippen LogP contribution in [0.5, 0.6) is 11.6 Å². The third kappa shape index (κ3) is 3.49. The van der Waals surface area contributed by atoms with Crippen molar-refractivity contribution in [3.8, 4) is 22.8 Å². The normalized spacial score (nSPS) is 15.4. The van der Waals surface area contributed by atoms with E-state index >= 15 is 0 Å². The summed E-state index contributed by atoms with van der Waals surface area (Å²) in [7, 11) is 1.44. The number of hydrogen-bond donors (Lipinski definition) is 1. The van der Waals surface area contributed by atoms with Crippen molar-refractivity contribution in [1.29, 1.82) is 0 Å². The number of alkyl halides is 3. The van der Waals surface area contributed by atoms with Crippen molar-refractivity contribution in [1.82, 2.24) is 15.1 Å². The second-order valence-corrected chi connectivity index (χ2v) is 7.71. The molecular formula is C23H17F3N4O4. The molecule has 34 heavy (non-hydrogen) atoms. The van der Waals surface area contributed by atoms with Gasteiger partial charge in [-0.15, -0.1) is 13.2 Å². The minimum Gasteiger partial charge on any atom is -0.481 e. The molecule has 5 rings (SSSR count). The summed E-state index contributed by atoms with van der Waals surface area (Å²) >= 11 is 0. The second kappa shape index (κ2) is 7.72. The number of carbonyl (C=O) groups excluding carboxylic acids is 1. The van der Waals surface area contributed by atoms with Crippen LogP contribution in [0.25, 0.3) is 22.2 Å². The first-order valence-corrected chi connectivity index (χ1v) is 10.1. The number of aromatic nitrogens is 3. The first-order chi connectivity index (χ1) is 16.2. The molecule has 1 unspecified atom stereocenters. The second-order valence-electron chi connectivity index (χ2n) is 7.71. The quantitative estimate of drug-likeness (QED) is 0.453. The molecule has 11 heteroatoms. The zero-order valence-corrected chi connectivity index (χ0v) is 18.1. The number of ether oxygens (including phenoxy) is 2. The first-order valence-electron chi connectivity index (χ1n) is 10.1. The highest BCUT2D eigenvalue weighted by Gasteiger charge is 2.39. The maximum Gasteiger partial charge on any atom is 0.573 e. The summed E-state index contributed by atoms with van der Waals surface area (Å²) in [6.45, 7) is 3.53. The van der Waals surface area contributed by atoms with Crippen LogP contribution in [-0.2, 0) is 4.79 Å². The van der Waals surface area contributed by atoms with Gasteiger partial charge in [0.15, 0.2) is 0 Å². The number of fused-ring (bicyclic) bond motifs is 3. The molecule has 0 aliphatic carbocycles. The Kier molecular flexibility index (Phi) is 4.92. The molecule has 1 atom stereocenters. The van der Waals surface area contributed by atoms with Gasteiger partial charge >= 0.3 is 6.36 Å². The summed E-state index contributed by atoms with van der Waals surface area (Å²) < 4.78 is 54.1. The highest BCUT2D eigenvalue weighted by Crippen LogP contribution is 2.45. The van der Waals surface area contributed by atoms with Crippen molar-refractivity contribution in [2.75, 3.05) is 12.4 Å². The van der Waals surface area contributed by atoms with Crippen molar-refractivity contribution in [3.05, 3.63) is 59.1 Å². The summed E-state index contributed by atoms with van der Waals surface area (Å²) in [4.78, 5) is 22.0. The van der Waals surface area contributed by atoms with Crippen LogP contribution < -0.4 is 14.8 Å². The number of para-hydroxylation sites is 1. The zero-order valence-electron chi connectivity index (χ0n) is 18.1. The van der Waals surface area contributed by atoms with E-state index in [2.05, 4.69) is 25.2 Å². The molecule has 1 aliphatic heterocycles. The lowest BCUT2D eigenvalue weighted by Crippen LogP contribution is -2.20. The minimum absolute atomic E-state index is 0.0548. The van der Waals surface area contributed by atoms with Gasteiger partial charge in [-0.1, -0.05) is 23.4 Å². The van der Waals surface area contributed by atoms with E-state index in [1.165, 1.54) is 37.6 Å². The lowest BCUT2D eigenvalue weighted by atomic mass is 9.91. The van der Waals surface area contributed by atoms with E-state index in [0.717, 1.165) is 0 Å². The largest absolute Gasteiger partial charge is 0.573 e. The lowest BCUT2D eigenvalue weighted by Gasteiger charge is -2.17. The Morgan fingerprint density at radius 2 is 1.94 bits per heavy atom. The zero-order chi connectivity index (χ0) is 24.2. The Hall–Kier alpha value is -4.15. The maximum atomic E-state index is 13.0. The predicted molar refractivity (Wildman–Crippen MR) is 115 cm³/mol. The fourth-order valence-electron chi connectivity index (χ4n) is 4.28. The van der Waals surface area contributed by atoms with Crippen molar-refractivity contribution < 1.29 is 32.0 Å². The average molecular weight is 470 g/mol. The number of methoxy groups -OCH3 is 1. The van der Waals surface area contributed by atoms with Crippen LogP contribution in [0.15, 0.2) is 41.1 Å². The van der Waals surface area contributed by atoms with Gasteiger partial charge in [-0.2, -0.15) is 0 Å². The van der Waals surface area contributed by atoms with Gasteiger partial charge in [0.2, 0.25) is 11.8 Å². The molecule has 0 saturated heterocycles. The van der Waals surface area contributed by atoms with Crippen LogP contribution in [0.2, 0.25) is 0 Å². The predicted octanol–water partition coefficient (Wildman–Crippen LogP) is 4.89. The van der Waals surface area contributed by atoms with Crippen molar-refractivity contribution in [2.45, 2.75) is 26.1 Å². The molecule has 4 aromatic rings. The van der Waals surface area contributed by atoms with Crippen molar-refractivity contribution in [3.63, 3.8) is 0 Å². The van der Waals surface area contributed by atoms with E-state index in [0.29, 0.717) is 44.9 Å². The highest BCUT2D eigenvalue weighted by molar-refractivity contribution is 6.09. The van der Waals surface area contributed by atoms with Crippen LogP contribution in [-0.4, -0.2) is 34.5 Å². The topological polar surface area (TPSA) is 99.4 Å². The molecule has 1 aromatic carbocycles. The Morgan fingerprint density at radius 1 is 1.18 bits per heavy atom. The summed E-state index contributed by atoms with van der Waals surface area (Å²) in [5, 5.41) is 6.65. The number of amides is 1. The van der Waals surface area contributed by atoms with E-state index in [-0.39, 0.29) is 11.4 Å². The number of anilines is 1.